The Hall–Kier alpha value is -3.52. The highest BCUT2D eigenvalue weighted by Gasteiger charge is 2.25. The number of pyridine rings is 1. The second-order valence-corrected chi connectivity index (χ2v) is 9.34. The lowest BCUT2D eigenvalue weighted by Crippen LogP contribution is -2.31. The molecule has 2 aliphatic rings. The van der Waals surface area contributed by atoms with Crippen LogP contribution in [0.3, 0.4) is 0 Å². The molecule has 3 aromatic heterocycles. The quantitative estimate of drug-likeness (QED) is 0.485. The number of imidazole rings is 1. The molecule has 0 unspecified atom stereocenters. The highest BCUT2D eigenvalue weighted by Crippen LogP contribution is 2.35. The van der Waals surface area contributed by atoms with Crippen LogP contribution < -0.4 is 10.1 Å². The zero-order valence-electron chi connectivity index (χ0n) is 19.6. The Bertz CT molecular complexity index is 1410. The molecule has 5 heterocycles. The summed E-state index contributed by atoms with van der Waals surface area (Å²) in [4.78, 5) is 16.5. The number of rotatable bonds is 4. The van der Waals surface area contributed by atoms with Crippen LogP contribution in [0.2, 0.25) is 0 Å². The molecule has 0 spiro atoms. The van der Waals surface area contributed by atoms with Crippen LogP contribution in [0.4, 0.5) is 10.3 Å². The maximum absolute atomic E-state index is 14.7. The van der Waals surface area contributed by atoms with Crippen molar-refractivity contribution in [2.75, 3.05) is 11.9 Å². The van der Waals surface area contributed by atoms with E-state index in [9.17, 15) is 4.39 Å². The van der Waals surface area contributed by atoms with Crippen molar-refractivity contribution in [1.82, 2.24) is 24.3 Å². The summed E-state index contributed by atoms with van der Waals surface area (Å²) in [5.74, 6) is 1.17. The van der Waals surface area contributed by atoms with Gasteiger partial charge in [-0.15, -0.1) is 0 Å². The lowest BCUT2D eigenvalue weighted by atomic mass is 9.98. The molecule has 0 aliphatic carbocycles. The first-order valence-corrected chi connectivity index (χ1v) is 11.7. The molecule has 7 nitrogen and oxygen atoms in total. The largest absolute Gasteiger partial charge is 0.493 e. The number of anilines is 1. The van der Waals surface area contributed by atoms with E-state index in [1.807, 2.05) is 30.0 Å². The monoisotopic (exact) mass is 458 g/mol. The summed E-state index contributed by atoms with van der Waals surface area (Å²) >= 11 is 0. The lowest BCUT2D eigenvalue weighted by Gasteiger charge is -2.29. The number of benzene rings is 1. The Labute approximate surface area is 197 Å². The Kier molecular flexibility index (Phi) is 4.99. The number of nitrogens with zero attached hydrogens (tertiary/aromatic N) is 5. The van der Waals surface area contributed by atoms with Crippen LogP contribution in [-0.4, -0.2) is 36.9 Å². The third kappa shape index (κ3) is 3.40. The van der Waals surface area contributed by atoms with Gasteiger partial charge in [-0.2, -0.15) is 0 Å². The molecule has 4 aromatic rings. The molecule has 0 radical (unpaired) electrons. The third-order valence-electron chi connectivity index (χ3n) is 6.88. The second-order valence-electron chi connectivity index (χ2n) is 9.34. The molecule has 34 heavy (non-hydrogen) atoms. The Balaban J connectivity index is 1.44. The van der Waals surface area contributed by atoms with Gasteiger partial charge in [-0.05, 0) is 44.5 Å². The fourth-order valence-electron chi connectivity index (χ4n) is 5.02. The van der Waals surface area contributed by atoms with Gasteiger partial charge in [0, 0.05) is 72.4 Å². The topological polar surface area (TPSA) is 67.6 Å². The van der Waals surface area contributed by atoms with E-state index in [1.54, 1.807) is 6.07 Å². The van der Waals surface area contributed by atoms with Crippen molar-refractivity contribution < 1.29 is 9.13 Å². The number of fused-ring (bicyclic) bond motifs is 3. The summed E-state index contributed by atoms with van der Waals surface area (Å²) in [5, 5.41) is 3.35. The van der Waals surface area contributed by atoms with Crippen molar-refractivity contribution in [3.63, 3.8) is 0 Å². The van der Waals surface area contributed by atoms with Crippen molar-refractivity contribution in [3.8, 4) is 16.9 Å². The minimum atomic E-state index is -0.228. The van der Waals surface area contributed by atoms with E-state index in [4.69, 9.17) is 14.7 Å². The number of hydrogen-bond donors (Lipinski definition) is 1. The van der Waals surface area contributed by atoms with Gasteiger partial charge in [0.1, 0.15) is 17.9 Å². The molecule has 0 amide bonds. The van der Waals surface area contributed by atoms with Crippen molar-refractivity contribution in [2.45, 2.75) is 52.9 Å². The molecule has 0 saturated heterocycles. The summed E-state index contributed by atoms with van der Waals surface area (Å²) in [7, 11) is 0. The number of ether oxygens (including phenoxy) is 1. The first-order valence-electron chi connectivity index (χ1n) is 11.7. The zero-order chi connectivity index (χ0) is 23.4. The maximum atomic E-state index is 14.7. The number of nitrogens with one attached hydrogen (secondary N) is 1. The minimum Gasteiger partial charge on any atom is -0.493 e. The molecule has 8 heteroatoms. The molecule has 0 atom stereocenters. The van der Waals surface area contributed by atoms with E-state index in [0.717, 1.165) is 58.9 Å². The van der Waals surface area contributed by atoms with Crippen molar-refractivity contribution in [3.05, 3.63) is 70.8 Å². The molecular weight excluding hydrogens is 431 g/mol. The van der Waals surface area contributed by atoms with Gasteiger partial charge < -0.3 is 10.1 Å². The number of aromatic nitrogens is 4. The van der Waals surface area contributed by atoms with Crippen molar-refractivity contribution in [1.29, 1.82) is 0 Å². The molecule has 0 saturated carbocycles. The molecule has 6 rings (SSSR count). The van der Waals surface area contributed by atoms with E-state index in [2.05, 4.69) is 35.1 Å². The van der Waals surface area contributed by atoms with Gasteiger partial charge in [-0.25, -0.2) is 14.4 Å². The van der Waals surface area contributed by atoms with Gasteiger partial charge in [0.25, 0.3) is 0 Å². The predicted molar refractivity (Wildman–Crippen MR) is 128 cm³/mol. The molecule has 2 aliphatic heterocycles. The van der Waals surface area contributed by atoms with Crippen LogP contribution in [0.25, 0.3) is 16.6 Å². The molecule has 0 fully saturated rings. The fourth-order valence-corrected chi connectivity index (χ4v) is 5.02. The highest BCUT2D eigenvalue weighted by atomic mass is 19.1. The van der Waals surface area contributed by atoms with Crippen LogP contribution in [0, 0.1) is 12.7 Å². The Morgan fingerprint density at radius 2 is 1.97 bits per heavy atom. The average Bonchev–Trinajstić information content (AvgIpc) is 3.45. The van der Waals surface area contributed by atoms with E-state index in [1.165, 1.54) is 11.6 Å². The zero-order valence-corrected chi connectivity index (χ0v) is 19.6. The Morgan fingerprint density at radius 3 is 2.82 bits per heavy atom. The summed E-state index contributed by atoms with van der Waals surface area (Å²) < 4.78 is 22.3. The van der Waals surface area contributed by atoms with Crippen molar-refractivity contribution >= 4 is 11.5 Å². The predicted octanol–water partition coefficient (Wildman–Crippen LogP) is 4.51. The van der Waals surface area contributed by atoms with E-state index < -0.39 is 0 Å². The van der Waals surface area contributed by atoms with Gasteiger partial charge >= 0.3 is 0 Å². The SMILES string of the molecule is Cc1cc2c(cn1)-c1cnc(NCc3c(F)ccc4c3CCO4)n3cnc(c13)CN(C(C)C)C2. The molecule has 1 aromatic carbocycles. The van der Waals surface area contributed by atoms with Gasteiger partial charge in [0.05, 0.1) is 17.8 Å². The fraction of sp³-hybridized carbons (Fsp3) is 0.346. The number of halogens is 1. The normalized spacial score (nSPS) is 15.1. The van der Waals surface area contributed by atoms with E-state index >= 15 is 0 Å². The summed E-state index contributed by atoms with van der Waals surface area (Å²) in [6.45, 7) is 8.92. The van der Waals surface area contributed by atoms with Crippen LogP contribution in [0.5, 0.6) is 5.75 Å². The third-order valence-corrected chi connectivity index (χ3v) is 6.88. The van der Waals surface area contributed by atoms with Crippen LogP contribution >= 0.6 is 0 Å². The van der Waals surface area contributed by atoms with E-state index in [0.29, 0.717) is 30.7 Å². The lowest BCUT2D eigenvalue weighted by molar-refractivity contribution is 0.202. The summed E-state index contributed by atoms with van der Waals surface area (Å²) in [6, 6.07) is 5.71. The average molecular weight is 459 g/mol. The number of aryl methyl sites for hydroxylation is 1. The highest BCUT2D eigenvalue weighted by molar-refractivity contribution is 5.84. The van der Waals surface area contributed by atoms with Gasteiger partial charge in [0.2, 0.25) is 5.95 Å². The molecule has 0 bridgehead atoms. The second kappa shape index (κ2) is 8.06. The summed E-state index contributed by atoms with van der Waals surface area (Å²) in [5.41, 5.74) is 7.91. The maximum Gasteiger partial charge on any atom is 0.208 e. The summed E-state index contributed by atoms with van der Waals surface area (Å²) in [6.07, 6.45) is 6.36. The van der Waals surface area contributed by atoms with E-state index in [-0.39, 0.29) is 5.82 Å². The molecule has 174 valence electrons. The Morgan fingerprint density at radius 1 is 1.12 bits per heavy atom. The van der Waals surface area contributed by atoms with Crippen LogP contribution in [0.1, 0.15) is 41.9 Å². The van der Waals surface area contributed by atoms with Crippen LogP contribution in [0.15, 0.2) is 36.9 Å². The number of hydrogen-bond acceptors (Lipinski definition) is 6. The van der Waals surface area contributed by atoms with Gasteiger partial charge in [0.15, 0.2) is 0 Å². The molecular formula is C26H27FN6O. The first-order chi connectivity index (χ1) is 16.5. The minimum absolute atomic E-state index is 0.228. The van der Waals surface area contributed by atoms with Crippen molar-refractivity contribution in [2.24, 2.45) is 0 Å². The van der Waals surface area contributed by atoms with Crippen LogP contribution in [-0.2, 0) is 26.1 Å². The smallest absolute Gasteiger partial charge is 0.208 e. The first kappa shape index (κ1) is 21.0. The standard InChI is InChI=1S/C26H27FN6O/c1-15(2)32-12-17-8-16(3)28-9-19(17)21-11-30-26(33-14-31-23(13-32)25(21)33)29-10-20-18-6-7-34-24(18)5-4-22(20)27/h4-5,8-9,11,14-15H,6-7,10,12-13H2,1-3H3,(H,29,30). The van der Waals surface area contributed by atoms with Gasteiger partial charge in [-0.1, -0.05) is 0 Å². The molecule has 1 N–H and O–H groups in total. The van der Waals surface area contributed by atoms with Gasteiger partial charge in [-0.3, -0.25) is 14.3 Å².